The van der Waals surface area contributed by atoms with Crippen LogP contribution < -0.4 is 15.4 Å². The maximum absolute atomic E-state index is 13.3. The average Bonchev–Trinajstić information content (AvgIpc) is 2.69. The maximum Gasteiger partial charge on any atom is 0.416 e. The number of hydrogen-bond donors (Lipinski definition) is 2. The molecule has 2 N–H and O–H groups in total. The summed E-state index contributed by atoms with van der Waals surface area (Å²) in [6.45, 7) is 8.37. The number of guanidine groups is 1. The van der Waals surface area contributed by atoms with Crippen LogP contribution in [0.2, 0.25) is 0 Å². The van der Waals surface area contributed by atoms with E-state index >= 15 is 0 Å². The summed E-state index contributed by atoms with van der Waals surface area (Å²) in [7, 11) is 1.34. The Balaban J connectivity index is 0.00000420. The number of methoxy groups -OCH3 is 1. The van der Waals surface area contributed by atoms with E-state index in [2.05, 4.69) is 27.4 Å². The SMILES string of the molecule is CCNC(=NCc1ccc(OC)cc1C(F)(F)F)NCC(C)N1CCOCC1.I. The van der Waals surface area contributed by atoms with Crippen LogP contribution in [0, 0.1) is 0 Å². The van der Waals surface area contributed by atoms with E-state index in [-0.39, 0.29) is 47.9 Å². The van der Waals surface area contributed by atoms with Crippen LogP contribution in [0.1, 0.15) is 25.0 Å². The Labute approximate surface area is 187 Å². The first kappa shape index (κ1) is 25.8. The molecule has 0 spiro atoms. The minimum Gasteiger partial charge on any atom is -0.497 e. The van der Waals surface area contributed by atoms with Gasteiger partial charge in [0.25, 0.3) is 0 Å². The molecule has 10 heteroatoms. The van der Waals surface area contributed by atoms with E-state index in [1.165, 1.54) is 19.2 Å². The molecule has 1 saturated heterocycles. The lowest BCUT2D eigenvalue weighted by molar-refractivity contribution is -0.138. The summed E-state index contributed by atoms with van der Waals surface area (Å²) < 4.78 is 50.3. The first-order valence-electron chi connectivity index (χ1n) is 9.43. The van der Waals surface area contributed by atoms with Crippen LogP contribution in [-0.2, 0) is 17.5 Å². The Morgan fingerprint density at radius 2 is 1.97 bits per heavy atom. The monoisotopic (exact) mass is 530 g/mol. The van der Waals surface area contributed by atoms with Gasteiger partial charge in [-0.25, -0.2) is 4.99 Å². The summed E-state index contributed by atoms with van der Waals surface area (Å²) in [6, 6.07) is 4.19. The number of rotatable bonds is 7. The summed E-state index contributed by atoms with van der Waals surface area (Å²) in [6.07, 6.45) is -4.46. The third-order valence-corrected chi connectivity index (χ3v) is 4.61. The van der Waals surface area contributed by atoms with Crippen LogP contribution >= 0.6 is 24.0 Å². The molecule has 2 rings (SSSR count). The van der Waals surface area contributed by atoms with Gasteiger partial charge in [0.2, 0.25) is 0 Å². The molecule has 0 saturated carbocycles. The normalized spacial score (nSPS) is 16.7. The second-order valence-electron chi connectivity index (χ2n) is 6.59. The molecule has 1 fully saturated rings. The van der Waals surface area contributed by atoms with E-state index < -0.39 is 11.7 Å². The van der Waals surface area contributed by atoms with Crippen LogP contribution in [0.4, 0.5) is 13.2 Å². The Morgan fingerprint density at radius 3 is 2.55 bits per heavy atom. The number of aliphatic imine (C=N–C) groups is 1. The number of hydrogen-bond acceptors (Lipinski definition) is 4. The van der Waals surface area contributed by atoms with Crippen LogP contribution in [0.15, 0.2) is 23.2 Å². The molecule has 1 aromatic carbocycles. The lowest BCUT2D eigenvalue weighted by Gasteiger charge is -2.32. The van der Waals surface area contributed by atoms with Gasteiger partial charge in [-0.05, 0) is 31.5 Å². The van der Waals surface area contributed by atoms with Crippen molar-refractivity contribution in [3.63, 3.8) is 0 Å². The van der Waals surface area contributed by atoms with Gasteiger partial charge in [-0.15, -0.1) is 24.0 Å². The van der Waals surface area contributed by atoms with Gasteiger partial charge in [0.05, 0.1) is 32.4 Å². The van der Waals surface area contributed by atoms with Crippen molar-refractivity contribution in [1.29, 1.82) is 0 Å². The quantitative estimate of drug-likeness (QED) is 0.323. The van der Waals surface area contributed by atoms with Gasteiger partial charge in [0.1, 0.15) is 5.75 Å². The van der Waals surface area contributed by atoms with Gasteiger partial charge in [-0.2, -0.15) is 13.2 Å². The summed E-state index contributed by atoms with van der Waals surface area (Å²) in [5, 5.41) is 6.30. The van der Waals surface area contributed by atoms with Gasteiger partial charge in [0.15, 0.2) is 5.96 Å². The number of alkyl halides is 3. The molecule has 0 aromatic heterocycles. The third kappa shape index (κ3) is 8.17. The van der Waals surface area contributed by atoms with Gasteiger partial charge in [-0.1, -0.05) is 6.07 Å². The van der Waals surface area contributed by atoms with E-state index in [1.807, 2.05) is 6.92 Å². The number of nitrogens with zero attached hydrogens (tertiary/aromatic N) is 2. The fraction of sp³-hybridized carbons (Fsp3) is 0.632. The number of nitrogens with one attached hydrogen (secondary N) is 2. The topological polar surface area (TPSA) is 58.1 Å². The Hall–Kier alpha value is -1.27. The Bertz CT molecular complexity index is 653. The fourth-order valence-electron chi connectivity index (χ4n) is 2.98. The standard InChI is InChI=1S/C19H29F3N4O2.HI/c1-4-23-18(24-12-14(2)26-7-9-28-10-8-26)25-13-15-5-6-16(27-3)11-17(15)19(20,21)22;/h5-6,11,14H,4,7-10,12-13H2,1-3H3,(H2,23,24,25);1H. The molecule has 6 nitrogen and oxygen atoms in total. The van der Waals surface area contributed by atoms with Crippen LogP contribution in [0.5, 0.6) is 5.75 Å². The maximum atomic E-state index is 13.3. The molecule has 0 radical (unpaired) electrons. The zero-order chi connectivity index (χ0) is 20.6. The van der Waals surface area contributed by atoms with E-state index in [1.54, 1.807) is 0 Å². The molecule has 0 aliphatic carbocycles. The molecule has 1 aliphatic rings. The van der Waals surface area contributed by atoms with Crippen molar-refractivity contribution in [2.24, 2.45) is 4.99 Å². The third-order valence-electron chi connectivity index (χ3n) is 4.61. The number of ether oxygens (including phenoxy) is 2. The van der Waals surface area contributed by atoms with Crippen LogP contribution in [0.25, 0.3) is 0 Å². The highest BCUT2D eigenvalue weighted by Gasteiger charge is 2.33. The molecule has 1 unspecified atom stereocenters. The minimum absolute atomic E-state index is 0. The largest absolute Gasteiger partial charge is 0.497 e. The average molecular weight is 530 g/mol. The first-order chi connectivity index (χ1) is 13.3. The van der Waals surface area contributed by atoms with E-state index in [9.17, 15) is 13.2 Å². The van der Waals surface area contributed by atoms with Gasteiger partial charge >= 0.3 is 6.18 Å². The van der Waals surface area contributed by atoms with Crippen LogP contribution in [0.3, 0.4) is 0 Å². The first-order valence-corrected chi connectivity index (χ1v) is 9.43. The molecule has 0 amide bonds. The molecule has 0 bridgehead atoms. The zero-order valence-corrected chi connectivity index (χ0v) is 19.3. The lowest BCUT2D eigenvalue weighted by atomic mass is 10.1. The second-order valence-corrected chi connectivity index (χ2v) is 6.59. The van der Waals surface area contributed by atoms with E-state index in [0.717, 1.165) is 32.4 Å². The van der Waals surface area contributed by atoms with Crippen molar-refractivity contribution >= 4 is 29.9 Å². The number of benzene rings is 1. The Kier molecular flexibility index (Phi) is 11.0. The summed E-state index contributed by atoms with van der Waals surface area (Å²) in [5.74, 6) is 0.663. The summed E-state index contributed by atoms with van der Waals surface area (Å²) >= 11 is 0. The molecule has 1 aliphatic heterocycles. The van der Waals surface area contributed by atoms with E-state index in [4.69, 9.17) is 9.47 Å². The van der Waals surface area contributed by atoms with Crippen LogP contribution in [-0.4, -0.2) is 63.4 Å². The zero-order valence-electron chi connectivity index (χ0n) is 17.0. The number of morpholine rings is 1. The summed E-state index contributed by atoms with van der Waals surface area (Å²) in [5.41, 5.74) is -0.625. The number of halogens is 4. The molecule has 1 heterocycles. The molecule has 1 atom stereocenters. The van der Waals surface area contributed by atoms with Crippen molar-refractivity contribution in [2.45, 2.75) is 32.6 Å². The van der Waals surface area contributed by atoms with Crippen molar-refractivity contribution in [3.8, 4) is 5.75 Å². The molecule has 29 heavy (non-hydrogen) atoms. The van der Waals surface area contributed by atoms with Gasteiger partial charge in [-0.3, -0.25) is 4.90 Å². The Morgan fingerprint density at radius 1 is 1.28 bits per heavy atom. The van der Waals surface area contributed by atoms with E-state index in [0.29, 0.717) is 19.0 Å². The molecular weight excluding hydrogens is 500 g/mol. The minimum atomic E-state index is -4.46. The highest BCUT2D eigenvalue weighted by molar-refractivity contribution is 14.0. The fourth-order valence-corrected chi connectivity index (χ4v) is 2.98. The highest BCUT2D eigenvalue weighted by Crippen LogP contribution is 2.34. The molecule has 166 valence electrons. The smallest absolute Gasteiger partial charge is 0.416 e. The lowest BCUT2D eigenvalue weighted by Crippen LogP contribution is -2.49. The van der Waals surface area contributed by atoms with Crippen molar-refractivity contribution < 1.29 is 22.6 Å². The molecule has 1 aromatic rings. The second kappa shape index (κ2) is 12.4. The summed E-state index contributed by atoms with van der Waals surface area (Å²) in [4.78, 5) is 6.65. The predicted molar refractivity (Wildman–Crippen MR) is 118 cm³/mol. The highest BCUT2D eigenvalue weighted by atomic mass is 127. The molecular formula is C19H30F3IN4O2. The van der Waals surface area contributed by atoms with Crippen molar-refractivity contribution in [2.75, 3.05) is 46.5 Å². The van der Waals surface area contributed by atoms with Crippen molar-refractivity contribution in [1.82, 2.24) is 15.5 Å². The van der Waals surface area contributed by atoms with Crippen molar-refractivity contribution in [3.05, 3.63) is 29.3 Å². The van der Waals surface area contributed by atoms with Gasteiger partial charge in [0, 0.05) is 32.2 Å². The predicted octanol–water partition coefficient (Wildman–Crippen LogP) is 3.11. The van der Waals surface area contributed by atoms with Gasteiger partial charge < -0.3 is 20.1 Å².